The quantitative estimate of drug-likeness (QED) is 0.718. The first-order valence-corrected chi connectivity index (χ1v) is 7.18. The van der Waals surface area contributed by atoms with Crippen molar-refractivity contribution in [2.24, 2.45) is 5.41 Å². The molecule has 0 saturated heterocycles. The fourth-order valence-corrected chi connectivity index (χ4v) is 2.12. The highest BCUT2D eigenvalue weighted by atomic mass is 19.4. The third kappa shape index (κ3) is 7.23. The summed E-state index contributed by atoms with van der Waals surface area (Å²) in [6.45, 7) is 3.60. The smallest absolute Gasteiger partial charge is 0.333 e. The third-order valence-corrected chi connectivity index (χ3v) is 3.02. The Hall–Kier alpha value is -1.73. The molecule has 0 atom stereocenters. The van der Waals surface area contributed by atoms with Gasteiger partial charge in [0.2, 0.25) is 5.91 Å². The van der Waals surface area contributed by atoms with Crippen molar-refractivity contribution in [2.75, 3.05) is 13.1 Å². The van der Waals surface area contributed by atoms with E-state index in [1.807, 2.05) is 0 Å². The number of benzene rings is 1. The van der Waals surface area contributed by atoms with E-state index in [1.54, 1.807) is 20.8 Å². The zero-order valence-corrected chi connectivity index (χ0v) is 13.6. The Labute approximate surface area is 136 Å². The van der Waals surface area contributed by atoms with Gasteiger partial charge in [0.05, 0.1) is 12.0 Å². The van der Waals surface area contributed by atoms with E-state index in [9.17, 15) is 31.1 Å². The summed E-state index contributed by atoms with van der Waals surface area (Å²) >= 11 is 0. The summed E-state index contributed by atoms with van der Waals surface area (Å²) in [4.78, 5) is 12.8. The van der Waals surface area contributed by atoms with Gasteiger partial charge in [0, 0.05) is 6.54 Å². The predicted octanol–water partition coefficient (Wildman–Crippen LogP) is 4.68. The summed E-state index contributed by atoms with van der Waals surface area (Å²) in [6, 6.07) is 3.81. The van der Waals surface area contributed by atoms with Crippen LogP contribution in [0.25, 0.3) is 0 Å². The van der Waals surface area contributed by atoms with E-state index in [0.29, 0.717) is 4.90 Å². The van der Waals surface area contributed by atoms with Crippen molar-refractivity contribution in [3.05, 3.63) is 35.4 Å². The number of rotatable bonds is 4. The molecule has 24 heavy (non-hydrogen) atoms. The molecule has 0 unspecified atom stereocenters. The largest absolute Gasteiger partial charge is 0.416 e. The van der Waals surface area contributed by atoms with Gasteiger partial charge in [0.15, 0.2) is 0 Å². The molecule has 0 aliphatic rings. The molecule has 8 heteroatoms. The van der Waals surface area contributed by atoms with Crippen LogP contribution in [0.1, 0.15) is 31.9 Å². The lowest BCUT2D eigenvalue weighted by Crippen LogP contribution is -2.44. The zero-order valence-electron chi connectivity index (χ0n) is 13.6. The minimum Gasteiger partial charge on any atom is -0.333 e. The van der Waals surface area contributed by atoms with Crippen LogP contribution >= 0.6 is 0 Å². The molecule has 2 nitrogen and oxygen atoms in total. The molecular formula is C16H19F6NO. The van der Waals surface area contributed by atoms with Gasteiger partial charge in [-0.25, -0.2) is 0 Å². The molecule has 1 amide bonds. The number of carbonyl (C=O) groups is 1. The normalized spacial score (nSPS) is 13.0. The average molecular weight is 355 g/mol. The Balaban J connectivity index is 2.87. The minimum absolute atomic E-state index is 0.105. The molecule has 0 bridgehead atoms. The van der Waals surface area contributed by atoms with Crippen LogP contribution in [-0.2, 0) is 17.4 Å². The number of alkyl halides is 6. The van der Waals surface area contributed by atoms with Crippen LogP contribution in [0.3, 0.4) is 0 Å². The first-order chi connectivity index (χ1) is 10.7. The highest BCUT2D eigenvalue weighted by Crippen LogP contribution is 2.29. The molecule has 0 N–H and O–H groups in total. The summed E-state index contributed by atoms with van der Waals surface area (Å²) in [5.74, 6) is -0.776. The zero-order chi connectivity index (χ0) is 18.8. The van der Waals surface area contributed by atoms with Gasteiger partial charge in [-0.15, -0.1) is 0 Å². The first-order valence-electron chi connectivity index (χ1n) is 7.18. The van der Waals surface area contributed by atoms with Crippen molar-refractivity contribution in [1.82, 2.24) is 4.90 Å². The van der Waals surface area contributed by atoms with Crippen LogP contribution in [0.2, 0.25) is 0 Å². The maximum absolute atomic E-state index is 12.6. The van der Waals surface area contributed by atoms with Crippen LogP contribution < -0.4 is 0 Å². The molecular weight excluding hydrogens is 336 g/mol. The van der Waals surface area contributed by atoms with Gasteiger partial charge in [-0.1, -0.05) is 32.9 Å². The maximum Gasteiger partial charge on any atom is 0.416 e. The molecule has 0 aromatic heterocycles. The summed E-state index contributed by atoms with van der Waals surface area (Å²) < 4.78 is 75.4. The van der Waals surface area contributed by atoms with Crippen molar-refractivity contribution in [1.29, 1.82) is 0 Å². The second-order valence-corrected chi connectivity index (χ2v) is 6.80. The number of halogens is 6. The van der Waals surface area contributed by atoms with Crippen LogP contribution in [0.5, 0.6) is 0 Å². The summed E-state index contributed by atoms with van der Waals surface area (Å²) in [7, 11) is 0. The van der Waals surface area contributed by atoms with E-state index in [0.717, 1.165) is 24.3 Å². The molecule has 1 aromatic rings. The lowest BCUT2D eigenvalue weighted by Gasteiger charge is -2.30. The van der Waals surface area contributed by atoms with Crippen molar-refractivity contribution >= 4 is 5.91 Å². The summed E-state index contributed by atoms with van der Waals surface area (Å²) in [6.07, 6.45) is -9.43. The third-order valence-electron chi connectivity index (χ3n) is 3.02. The van der Waals surface area contributed by atoms with Gasteiger partial charge < -0.3 is 4.90 Å². The van der Waals surface area contributed by atoms with Crippen LogP contribution in [0.15, 0.2) is 24.3 Å². The van der Waals surface area contributed by atoms with E-state index in [1.165, 1.54) is 0 Å². The Morgan fingerprint density at radius 1 is 0.917 bits per heavy atom. The monoisotopic (exact) mass is 355 g/mol. The van der Waals surface area contributed by atoms with Gasteiger partial charge >= 0.3 is 12.4 Å². The van der Waals surface area contributed by atoms with Gasteiger partial charge in [0.25, 0.3) is 0 Å². The Morgan fingerprint density at radius 2 is 1.42 bits per heavy atom. The molecule has 0 spiro atoms. The van der Waals surface area contributed by atoms with Gasteiger partial charge in [-0.2, -0.15) is 26.3 Å². The molecule has 0 fully saturated rings. The standard InChI is InChI=1S/C16H19F6NO/c1-14(2,3)9-23(10-15(17,18)19)13(24)8-11-4-6-12(7-5-11)16(20,21)22/h4-7H,8-10H2,1-3H3. The summed E-state index contributed by atoms with van der Waals surface area (Å²) in [5, 5.41) is 0. The number of hydrogen-bond acceptors (Lipinski definition) is 1. The van der Waals surface area contributed by atoms with Crippen molar-refractivity contribution < 1.29 is 31.1 Å². The highest BCUT2D eigenvalue weighted by Gasteiger charge is 2.35. The van der Waals surface area contributed by atoms with Gasteiger partial charge in [-0.3, -0.25) is 4.79 Å². The molecule has 0 aliphatic heterocycles. The van der Waals surface area contributed by atoms with Crippen molar-refractivity contribution in [3.63, 3.8) is 0 Å². The van der Waals surface area contributed by atoms with Gasteiger partial charge in [0.1, 0.15) is 6.54 Å². The number of amides is 1. The highest BCUT2D eigenvalue weighted by molar-refractivity contribution is 5.78. The first kappa shape index (κ1) is 20.3. The lowest BCUT2D eigenvalue weighted by atomic mass is 9.95. The molecule has 1 rings (SSSR count). The second kappa shape index (κ2) is 7.03. The maximum atomic E-state index is 12.6. The Kier molecular flexibility index (Phi) is 5.95. The molecule has 0 heterocycles. The molecule has 1 aromatic carbocycles. The van der Waals surface area contributed by atoms with Gasteiger partial charge in [-0.05, 0) is 23.1 Å². The average Bonchev–Trinajstić information content (AvgIpc) is 2.34. The second-order valence-electron chi connectivity index (χ2n) is 6.80. The van der Waals surface area contributed by atoms with E-state index in [2.05, 4.69) is 0 Å². The number of nitrogens with zero attached hydrogens (tertiary/aromatic N) is 1. The molecule has 0 saturated carbocycles. The van der Waals surface area contributed by atoms with E-state index < -0.39 is 35.8 Å². The van der Waals surface area contributed by atoms with Crippen LogP contribution in [0.4, 0.5) is 26.3 Å². The fourth-order valence-electron chi connectivity index (χ4n) is 2.12. The number of hydrogen-bond donors (Lipinski definition) is 0. The molecule has 136 valence electrons. The Morgan fingerprint density at radius 3 is 1.79 bits per heavy atom. The van der Waals surface area contributed by atoms with Crippen LogP contribution in [-0.4, -0.2) is 30.1 Å². The minimum atomic E-state index is -4.54. The van der Waals surface area contributed by atoms with E-state index in [-0.39, 0.29) is 18.5 Å². The molecule has 0 radical (unpaired) electrons. The summed E-state index contributed by atoms with van der Waals surface area (Å²) in [5.41, 5.74) is -1.18. The Bertz CT molecular complexity index is 538. The van der Waals surface area contributed by atoms with E-state index >= 15 is 0 Å². The predicted molar refractivity (Wildman–Crippen MR) is 77.2 cm³/mol. The van der Waals surface area contributed by atoms with E-state index in [4.69, 9.17) is 0 Å². The van der Waals surface area contributed by atoms with Crippen molar-refractivity contribution in [2.45, 2.75) is 39.5 Å². The van der Waals surface area contributed by atoms with Crippen molar-refractivity contribution in [3.8, 4) is 0 Å². The SMILES string of the molecule is CC(C)(C)CN(CC(F)(F)F)C(=O)Cc1ccc(C(F)(F)F)cc1. The topological polar surface area (TPSA) is 20.3 Å². The molecule has 0 aliphatic carbocycles. The lowest BCUT2D eigenvalue weighted by molar-refractivity contribution is -0.163. The fraction of sp³-hybridized carbons (Fsp3) is 0.562. The number of carbonyl (C=O) groups excluding carboxylic acids is 1. The van der Waals surface area contributed by atoms with Crippen LogP contribution in [0, 0.1) is 5.41 Å².